The molecule has 0 heterocycles. The Morgan fingerprint density at radius 2 is 2.20 bits per heavy atom. The lowest BCUT2D eigenvalue weighted by Gasteiger charge is -2.12. The van der Waals surface area contributed by atoms with Crippen LogP contribution in [0, 0.1) is 16.0 Å². The van der Waals surface area contributed by atoms with Gasteiger partial charge in [-0.3, -0.25) is 14.9 Å². The number of nitrogens with zero attached hydrogens (tertiary/aromatic N) is 1. The minimum Gasteiger partial charge on any atom is -0.496 e. The van der Waals surface area contributed by atoms with Crippen LogP contribution in [0.2, 0.25) is 0 Å². The van der Waals surface area contributed by atoms with Crippen molar-refractivity contribution in [3.8, 4) is 5.75 Å². The number of nitrogens with two attached hydrogens (primary N) is 1. The van der Waals surface area contributed by atoms with Crippen LogP contribution >= 0.6 is 12.4 Å². The van der Waals surface area contributed by atoms with Gasteiger partial charge in [0.15, 0.2) is 0 Å². The fourth-order valence-corrected chi connectivity index (χ4v) is 1.48. The van der Waals surface area contributed by atoms with E-state index in [9.17, 15) is 14.9 Å². The van der Waals surface area contributed by atoms with Crippen molar-refractivity contribution in [1.82, 2.24) is 5.32 Å². The normalized spacial score (nSPS) is 11.2. The maximum absolute atomic E-state index is 11.6. The number of amides is 1. The molecule has 1 aromatic carbocycles. The van der Waals surface area contributed by atoms with Crippen LogP contribution in [0.15, 0.2) is 18.2 Å². The fourth-order valence-electron chi connectivity index (χ4n) is 1.48. The third-order valence-electron chi connectivity index (χ3n) is 2.73. The zero-order valence-corrected chi connectivity index (χ0v) is 12.1. The Labute approximate surface area is 123 Å². The molecule has 1 rings (SSSR count). The second-order valence-electron chi connectivity index (χ2n) is 4.11. The highest BCUT2D eigenvalue weighted by molar-refractivity contribution is 5.85. The number of hydrogen-bond acceptors (Lipinski definition) is 5. The molecule has 7 nitrogen and oxygen atoms in total. The van der Waals surface area contributed by atoms with E-state index in [0.29, 0.717) is 11.3 Å². The number of ether oxygens (including phenoxy) is 1. The molecule has 0 aliphatic carbocycles. The van der Waals surface area contributed by atoms with E-state index in [1.165, 1.54) is 25.3 Å². The Hall–Kier alpha value is -1.86. The van der Waals surface area contributed by atoms with Gasteiger partial charge in [0, 0.05) is 36.7 Å². The molecule has 3 N–H and O–H groups in total. The van der Waals surface area contributed by atoms with Crippen molar-refractivity contribution in [2.45, 2.75) is 13.5 Å². The Morgan fingerprint density at radius 1 is 1.55 bits per heavy atom. The molecular weight excluding hydrogens is 286 g/mol. The number of nitrogens with one attached hydrogen (secondary N) is 1. The van der Waals surface area contributed by atoms with Crippen molar-refractivity contribution in [3.05, 3.63) is 33.9 Å². The first-order chi connectivity index (χ1) is 8.99. The van der Waals surface area contributed by atoms with E-state index in [-0.39, 0.29) is 43.0 Å². The molecule has 0 aromatic heterocycles. The maximum atomic E-state index is 11.6. The van der Waals surface area contributed by atoms with Gasteiger partial charge in [-0.1, -0.05) is 6.92 Å². The number of rotatable bonds is 6. The van der Waals surface area contributed by atoms with Crippen LogP contribution < -0.4 is 15.8 Å². The summed E-state index contributed by atoms with van der Waals surface area (Å²) in [5.41, 5.74) is 5.89. The highest BCUT2D eigenvalue weighted by Gasteiger charge is 2.14. The largest absolute Gasteiger partial charge is 0.496 e. The first-order valence-electron chi connectivity index (χ1n) is 5.78. The van der Waals surface area contributed by atoms with E-state index in [4.69, 9.17) is 10.5 Å². The molecule has 112 valence electrons. The second kappa shape index (κ2) is 8.34. The third-order valence-corrected chi connectivity index (χ3v) is 2.73. The highest BCUT2D eigenvalue weighted by Crippen LogP contribution is 2.23. The van der Waals surface area contributed by atoms with Gasteiger partial charge in [-0.15, -0.1) is 12.4 Å². The first kappa shape index (κ1) is 18.1. The molecule has 0 fully saturated rings. The minimum atomic E-state index is -0.493. The van der Waals surface area contributed by atoms with Crippen LogP contribution in [0.1, 0.15) is 12.5 Å². The lowest BCUT2D eigenvalue weighted by Crippen LogP contribution is -2.32. The Kier molecular flexibility index (Phi) is 7.56. The highest BCUT2D eigenvalue weighted by atomic mass is 35.5. The fraction of sp³-hybridized carbons (Fsp3) is 0.417. The molecule has 0 bridgehead atoms. The van der Waals surface area contributed by atoms with E-state index < -0.39 is 4.92 Å². The average molecular weight is 304 g/mol. The maximum Gasteiger partial charge on any atom is 0.270 e. The SMILES string of the molecule is COc1ccc([N+](=O)[O-])cc1CNC(=O)C(C)CN.Cl. The van der Waals surface area contributed by atoms with Gasteiger partial charge < -0.3 is 15.8 Å². The topological polar surface area (TPSA) is 107 Å². The third kappa shape index (κ3) is 4.67. The lowest BCUT2D eigenvalue weighted by molar-refractivity contribution is -0.384. The first-order valence-corrected chi connectivity index (χ1v) is 5.78. The van der Waals surface area contributed by atoms with Gasteiger partial charge in [0.05, 0.1) is 12.0 Å². The van der Waals surface area contributed by atoms with E-state index in [2.05, 4.69) is 5.32 Å². The molecule has 1 unspecified atom stereocenters. The van der Waals surface area contributed by atoms with Crippen LogP contribution in [0.25, 0.3) is 0 Å². The molecule has 1 amide bonds. The van der Waals surface area contributed by atoms with Crippen molar-refractivity contribution in [2.24, 2.45) is 11.7 Å². The second-order valence-corrected chi connectivity index (χ2v) is 4.11. The summed E-state index contributed by atoms with van der Waals surface area (Å²) < 4.78 is 5.10. The summed E-state index contributed by atoms with van der Waals surface area (Å²) in [6, 6.07) is 4.24. The predicted octanol–water partition coefficient (Wildman–Crippen LogP) is 1.24. The van der Waals surface area contributed by atoms with E-state index in [0.717, 1.165) is 0 Å². The molecule has 1 aromatic rings. The van der Waals surface area contributed by atoms with E-state index in [1.807, 2.05) is 0 Å². The molecular formula is C12H18ClN3O4. The molecule has 0 spiro atoms. The van der Waals surface area contributed by atoms with Crippen molar-refractivity contribution < 1.29 is 14.5 Å². The van der Waals surface area contributed by atoms with Crippen molar-refractivity contribution >= 4 is 24.0 Å². The van der Waals surface area contributed by atoms with Crippen molar-refractivity contribution in [2.75, 3.05) is 13.7 Å². The molecule has 0 saturated heterocycles. The molecule has 0 aliphatic rings. The molecule has 1 atom stereocenters. The Balaban J connectivity index is 0.00000361. The van der Waals surface area contributed by atoms with Gasteiger partial charge in [-0.25, -0.2) is 0 Å². The van der Waals surface area contributed by atoms with Crippen LogP contribution in [0.5, 0.6) is 5.75 Å². The zero-order valence-electron chi connectivity index (χ0n) is 11.3. The number of non-ortho nitro benzene ring substituents is 1. The molecule has 20 heavy (non-hydrogen) atoms. The summed E-state index contributed by atoms with van der Waals surface area (Å²) in [6.45, 7) is 2.12. The lowest BCUT2D eigenvalue weighted by atomic mass is 10.1. The van der Waals surface area contributed by atoms with Crippen LogP contribution in [0.4, 0.5) is 5.69 Å². The van der Waals surface area contributed by atoms with Gasteiger partial charge in [0.2, 0.25) is 5.91 Å². The Bertz CT molecular complexity index is 482. The number of halogens is 1. The standard InChI is InChI=1S/C12H17N3O4.ClH/c1-8(6-13)12(16)14-7-9-5-10(15(17)18)3-4-11(9)19-2;/h3-5,8H,6-7,13H2,1-2H3,(H,14,16);1H. The summed E-state index contributed by atoms with van der Waals surface area (Å²) in [6.07, 6.45) is 0. The van der Waals surface area contributed by atoms with Crippen LogP contribution in [-0.4, -0.2) is 24.5 Å². The minimum absolute atomic E-state index is 0. The van der Waals surface area contributed by atoms with Gasteiger partial charge in [-0.2, -0.15) is 0 Å². The summed E-state index contributed by atoms with van der Waals surface area (Å²) >= 11 is 0. The van der Waals surface area contributed by atoms with Gasteiger partial charge >= 0.3 is 0 Å². The number of carbonyl (C=O) groups excluding carboxylic acids is 1. The molecule has 0 saturated carbocycles. The summed E-state index contributed by atoms with van der Waals surface area (Å²) in [7, 11) is 1.47. The smallest absolute Gasteiger partial charge is 0.270 e. The number of nitro benzene ring substituents is 1. The number of hydrogen-bond donors (Lipinski definition) is 2. The van der Waals surface area contributed by atoms with E-state index >= 15 is 0 Å². The van der Waals surface area contributed by atoms with Crippen LogP contribution in [0.3, 0.4) is 0 Å². The molecule has 0 radical (unpaired) electrons. The number of nitro groups is 1. The van der Waals surface area contributed by atoms with Gasteiger partial charge in [0.1, 0.15) is 5.75 Å². The zero-order chi connectivity index (χ0) is 14.4. The molecule has 8 heteroatoms. The summed E-state index contributed by atoms with van der Waals surface area (Å²) in [4.78, 5) is 21.8. The Morgan fingerprint density at radius 3 is 2.70 bits per heavy atom. The van der Waals surface area contributed by atoms with E-state index in [1.54, 1.807) is 6.92 Å². The number of benzene rings is 1. The van der Waals surface area contributed by atoms with Crippen LogP contribution in [-0.2, 0) is 11.3 Å². The van der Waals surface area contributed by atoms with Crippen molar-refractivity contribution in [1.29, 1.82) is 0 Å². The summed E-state index contributed by atoms with van der Waals surface area (Å²) in [5.74, 6) is -0.00736. The number of methoxy groups -OCH3 is 1. The molecule has 0 aliphatic heterocycles. The average Bonchev–Trinajstić information content (AvgIpc) is 2.43. The van der Waals surface area contributed by atoms with Gasteiger partial charge in [-0.05, 0) is 6.07 Å². The summed E-state index contributed by atoms with van der Waals surface area (Å²) in [5, 5.41) is 13.4. The van der Waals surface area contributed by atoms with Crippen molar-refractivity contribution in [3.63, 3.8) is 0 Å². The number of carbonyl (C=O) groups is 1. The monoisotopic (exact) mass is 303 g/mol. The van der Waals surface area contributed by atoms with Gasteiger partial charge in [0.25, 0.3) is 5.69 Å². The predicted molar refractivity (Wildman–Crippen MR) is 77.0 cm³/mol. The quantitative estimate of drug-likeness (QED) is 0.607.